The Bertz CT molecular complexity index is 1670. The van der Waals surface area contributed by atoms with E-state index >= 15 is 0 Å². The molecule has 0 radical (unpaired) electrons. The van der Waals surface area contributed by atoms with E-state index < -0.39 is 24.0 Å². The van der Waals surface area contributed by atoms with Crippen LogP contribution in [0.3, 0.4) is 0 Å². The molecule has 236 valence electrons. The van der Waals surface area contributed by atoms with Crippen molar-refractivity contribution in [3.05, 3.63) is 137 Å². The van der Waals surface area contributed by atoms with Gasteiger partial charge in [-0.25, -0.2) is 0 Å². The lowest BCUT2D eigenvalue weighted by molar-refractivity contribution is -0.139. The minimum Gasteiger partial charge on any atom is -0.481 e. The molecule has 0 aromatic heterocycles. The Morgan fingerprint density at radius 1 is 0.804 bits per heavy atom. The van der Waals surface area contributed by atoms with Crippen LogP contribution in [0.25, 0.3) is 0 Å². The van der Waals surface area contributed by atoms with Gasteiger partial charge in [0.15, 0.2) is 5.96 Å². The number of fused-ring (bicyclic) bond motifs is 1. The summed E-state index contributed by atoms with van der Waals surface area (Å²) in [5.41, 5.74) is 14.8. The van der Waals surface area contributed by atoms with Crippen molar-refractivity contribution >= 4 is 29.4 Å². The van der Waals surface area contributed by atoms with Gasteiger partial charge in [0.05, 0.1) is 30.3 Å². The summed E-state index contributed by atoms with van der Waals surface area (Å²) >= 11 is 0. The van der Waals surface area contributed by atoms with Gasteiger partial charge in [-0.05, 0) is 53.6 Å². The van der Waals surface area contributed by atoms with E-state index in [-0.39, 0.29) is 24.8 Å². The van der Waals surface area contributed by atoms with E-state index in [1.807, 2.05) is 97.1 Å². The highest BCUT2D eigenvalue weighted by molar-refractivity contribution is 6.11. The number of carboxylic acid groups (broad SMARTS) is 1. The molecule has 2 unspecified atom stereocenters. The average Bonchev–Trinajstić information content (AvgIpc) is 3.15. The van der Waals surface area contributed by atoms with Crippen molar-refractivity contribution in [2.75, 3.05) is 11.4 Å². The van der Waals surface area contributed by atoms with Crippen LogP contribution < -0.4 is 16.4 Å². The van der Waals surface area contributed by atoms with E-state index in [1.54, 1.807) is 17.0 Å². The highest BCUT2D eigenvalue weighted by atomic mass is 16.4. The average molecular weight is 618 g/mol. The first kappa shape index (κ1) is 32.0. The summed E-state index contributed by atoms with van der Waals surface area (Å²) < 4.78 is 0. The first-order chi connectivity index (χ1) is 22.3. The van der Waals surface area contributed by atoms with Gasteiger partial charge in [-0.2, -0.15) is 0 Å². The summed E-state index contributed by atoms with van der Waals surface area (Å²) in [6.45, 7) is 0.804. The van der Waals surface area contributed by atoms with Crippen LogP contribution in [0.1, 0.15) is 70.4 Å². The maximum atomic E-state index is 14.9. The van der Waals surface area contributed by atoms with Gasteiger partial charge in [0.2, 0.25) is 0 Å². The zero-order chi connectivity index (χ0) is 32.5. The van der Waals surface area contributed by atoms with Crippen molar-refractivity contribution in [1.29, 1.82) is 0 Å². The Morgan fingerprint density at radius 2 is 1.46 bits per heavy atom. The number of hydrogen-bond donors (Lipinski definition) is 3. The Kier molecular flexibility index (Phi) is 10.4. The first-order valence-corrected chi connectivity index (χ1v) is 15.5. The summed E-state index contributed by atoms with van der Waals surface area (Å²) in [5.74, 6) is -1.69. The molecule has 0 saturated heterocycles. The number of nitrogens with zero attached hydrogens (tertiary/aromatic N) is 3. The lowest BCUT2D eigenvalue weighted by atomic mass is 9.95. The van der Waals surface area contributed by atoms with E-state index in [0.717, 1.165) is 30.4 Å². The normalized spacial score (nSPS) is 15.2. The van der Waals surface area contributed by atoms with Crippen LogP contribution in [0.2, 0.25) is 0 Å². The highest BCUT2D eigenvalue weighted by Crippen LogP contribution is 2.42. The first-order valence-electron chi connectivity index (χ1n) is 15.5. The fraction of sp³-hybridized carbons (Fsp3) is 0.243. The molecule has 0 bridgehead atoms. The quantitative estimate of drug-likeness (QED) is 0.101. The second-order valence-corrected chi connectivity index (χ2v) is 11.4. The molecule has 2 atom stereocenters. The molecule has 4 aromatic carbocycles. The van der Waals surface area contributed by atoms with E-state index in [1.165, 1.54) is 4.90 Å². The second-order valence-electron chi connectivity index (χ2n) is 11.4. The van der Waals surface area contributed by atoms with Crippen LogP contribution in [0.15, 0.2) is 114 Å². The molecule has 1 aliphatic rings. The van der Waals surface area contributed by atoms with Gasteiger partial charge in [-0.1, -0.05) is 103 Å². The Balaban J connectivity index is 1.62. The third-order valence-electron chi connectivity index (χ3n) is 8.20. The number of rotatable bonds is 13. The number of guanidine groups is 1. The summed E-state index contributed by atoms with van der Waals surface area (Å²) in [7, 11) is 0. The number of anilines is 1. The van der Waals surface area contributed by atoms with Crippen molar-refractivity contribution < 1.29 is 19.5 Å². The minimum atomic E-state index is -1.07. The van der Waals surface area contributed by atoms with Crippen molar-refractivity contribution in [1.82, 2.24) is 4.90 Å². The smallest absolute Gasteiger partial charge is 0.305 e. The van der Waals surface area contributed by atoms with Gasteiger partial charge in [0.1, 0.15) is 6.04 Å². The molecule has 2 amide bonds. The van der Waals surface area contributed by atoms with E-state index in [0.29, 0.717) is 35.3 Å². The van der Waals surface area contributed by atoms with E-state index in [2.05, 4.69) is 4.99 Å². The fourth-order valence-corrected chi connectivity index (χ4v) is 6.02. The lowest BCUT2D eigenvalue weighted by Crippen LogP contribution is -2.44. The maximum absolute atomic E-state index is 14.9. The van der Waals surface area contributed by atoms with Crippen LogP contribution in [-0.4, -0.2) is 40.3 Å². The van der Waals surface area contributed by atoms with Crippen LogP contribution in [0.4, 0.5) is 5.69 Å². The van der Waals surface area contributed by atoms with Crippen LogP contribution in [-0.2, 0) is 22.6 Å². The molecular weight excluding hydrogens is 578 g/mol. The fourth-order valence-electron chi connectivity index (χ4n) is 6.02. The number of nitrogens with two attached hydrogens (primary N) is 2. The van der Waals surface area contributed by atoms with Gasteiger partial charge < -0.3 is 26.4 Å². The zero-order valence-corrected chi connectivity index (χ0v) is 25.7. The molecule has 4 aromatic rings. The summed E-state index contributed by atoms with van der Waals surface area (Å²) in [4.78, 5) is 49.3. The second kappa shape index (κ2) is 15.0. The van der Waals surface area contributed by atoms with Gasteiger partial charge in [0, 0.05) is 6.54 Å². The van der Waals surface area contributed by atoms with Crippen molar-refractivity contribution in [2.45, 2.75) is 50.7 Å². The minimum absolute atomic E-state index is 0.0777. The van der Waals surface area contributed by atoms with Crippen LogP contribution >= 0.6 is 0 Å². The van der Waals surface area contributed by atoms with Crippen LogP contribution in [0.5, 0.6) is 0 Å². The number of carboxylic acids is 1. The van der Waals surface area contributed by atoms with Gasteiger partial charge >= 0.3 is 5.97 Å². The highest BCUT2D eigenvalue weighted by Gasteiger charge is 2.44. The molecule has 5 N–H and O–H groups in total. The van der Waals surface area contributed by atoms with Gasteiger partial charge in [0.25, 0.3) is 11.8 Å². The predicted octanol–water partition coefficient (Wildman–Crippen LogP) is 5.62. The molecule has 1 heterocycles. The molecule has 5 rings (SSSR count). The van der Waals surface area contributed by atoms with Gasteiger partial charge in [-0.15, -0.1) is 0 Å². The summed E-state index contributed by atoms with van der Waals surface area (Å²) in [5, 5.41) is 10.1. The molecule has 1 aliphatic heterocycles. The Morgan fingerprint density at radius 3 is 2.11 bits per heavy atom. The number of aryl methyl sites for hydroxylation is 1. The number of hydrogen-bond acceptors (Lipinski definition) is 4. The number of amides is 2. The summed E-state index contributed by atoms with van der Waals surface area (Å²) in [6, 6.07) is 31.6. The van der Waals surface area contributed by atoms with E-state index in [4.69, 9.17) is 11.5 Å². The SMILES string of the molecule is NC(N)=NCCCCCc1ccc2c(c1)C(=O)N(C(CC(=O)O)c1ccccc1)C(c1ccccc1)C(=O)N2Cc1ccccc1. The van der Waals surface area contributed by atoms with E-state index in [9.17, 15) is 19.5 Å². The molecule has 0 fully saturated rings. The topological polar surface area (TPSA) is 142 Å². The number of carbonyl (C=O) groups is 3. The molecule has 46 heavy (non-hydrogen) atoms. The Hall–Kier alpha value is -5.44. The van der Waals surface area contributed by atoms with Crippen molar-refractivity contribution in [3.63, 3.8) is 0 Å². The molecule has 0 saturated carbocycles. The zero-order valence-electron chi connectivity index (χ0n) is 25.7. The number of aliphatic imine (C=N–C) groups is 1. The molecule has 0 spiro atoms. The molecule has 9 nitrogen and oxygen atoms in total. The largest absolute Gasteiger partial charge is 0.481 e. The van der Waals surface area contributed by atoms with Gasteiger partial charge in [-0.3, -0.25) is 19.4 Å². The molecular formula is C37H39N5O4. The molecule has 0 aliphatic carbocycles. The van der Waals surface area contributed by atoms with Crippen molar-refractivity contribution in [3.8, 4) is 0 Å². The monoisotopic (exact) mass is 617 g/mol. The number of aliphatic carboxylic acids is 1. The molecule has 9 heteroatoms. The third kappa shape index (κ3) is 7.61. The summed E-state index contributed by atoms with van der Waals surface area (Å²) in [6.07, 6.45) is 2.95. The lowest BCUT2D eigenvalue weighted by Gasteiger charge is -2.37. The maximum Gasteiger partial charge on any atom is 0.305 e. The van der Waals surface area contributed by atoms with Crippen LogP contribution in [0, 0.1) is 0 Å². The predicted molar refractivity (Wildman–Crippen MR) is 179 cm³/mol. The number of carbonyl (C=O) groups excluding carboxylic acids is 2. The van der Waals surface area contributed by atoms with Crippen molar-refractivity contribution in [2.24, 2.45) is 16.5 Å². The standard InChI is InChI=1S/C37H39N5O4/c38-37(39)40-22-12-4-7-13-26-20-21-31-30(23-26)35(45)42(32(24-33(43)44)28-16-8-2-9-17-28)34(29-18-10-3-11-19-29)36(46)41(31)25-27-14-5-1-6-15-27/h1-3,5-6,8-11,14-21,23,32,34H,4,7,12-13,22,24-25H2,(H,43,44)(H4,38,39,40). The number of unbranched alkanes of at least 4 members (excludes halogenated alkanes) is 2. The Labute approximate surface area is 269 Å². The third-order valence-corrected chi connectivity index (χ3v) is 8.20. The number of benzene rings is 4.